The van der Waals surface area contributed by atoms with Gasteiger partial charge in [0.1, 0.15) is 11.9 Å². The van der Waals surface area contributed by atoms with Crippen molar-refractivity contribution in [2.75, 3.05) is 7.05 Å². The van der Waals surface area contributed by atoms with Crippen LogP contribution in [0.5, 0.6) is 5.88 Å². The number of halogens is 3. The number of allylic oxidation sites excluding steroid dienone is 4. The molecule has 0 atom stereocenters. The zero-order valence-electron chi connectivity index (χ0n) is 12.0. The molecule has 0 radical (unpaired) electrons. The molecule has 2 rings (SSSR count). The third kappa shape index (κ3) is 3.08. The quantitative estimate of drug-likeness (QED) is 0.652. The zero-order chi connectivity index (χ0) is 17.2. The Bertz CT molecular complexity index is 925. The molecule has 2 heterocycles. The molecule has 0 unspecified atom stereocenters. The van der Waals surface area contributed by atoms with Crippen LogP contribution in [0.1, 0.15) is 12.5 Å². The number of alkyl halides is 3. The van der Waals surface area contributed by atoms with Crippen molar-refractivity contribution in [2.24, 2.45) is 0 Å². The van der Waals surface area contributed by atoms with Gasteiger partial charge in [0, 0.05) is 11.1 Å². The van der Waals surface area contributed by atoms with E-state index in [1.54, 1.807) is 0 Å². The zero-order valence-corrected chi connectivity index (χ0v) is 12.0. The first-order valence-electron chi connectivity index (χ1n) is 6.21. The van der Waals surface area contributed by atoms with Crippen LogP contribution in [0.3, 0.4) is 0 Å². The number of fused-ring (bicyclic) bond motifs is 1. The summed E-state index contributed by atoms with van der Waals surface area (Å²) in [5.74, 6) is -0.844. The molecule has 0 aliphatic carbocycles. The van der Waals surface area contributed by atoms with Gasteiger partial charge in [0.25, 0.3) is 12.6 Å². The summed E-state index contributed by atoms with van der Waals surface area (Å²) >= 11 is 0. The van der Waals surface area contributed by atoms with Gasteiger partial charge in [0.05, 0.1) is 6.08 Å². The van der Waals surface area contributed by atoms with Crippen LogP contribution in [-0.2, 0) is 0 Å². The SMILES string of the molecule is C[N+]#C/C=C\C(=C(/C)C(F)(F)F)c1c(O)n2ncnc2[nH]c1=O. The molecule has 0 aromatic carbocycles. The van der Waals surface area contributed by atoms with Gasteiger partial charge in [0.2, 0.25) is 11.7 Å². The highest BCUT2D eigenvalue weighted by atomic mass is 19.4. The van der Waals surface area contributed by atoms with Crippen molar-refractivity contribution in [3.63, 3.8) is 0 Å². The van der Waals surface area contributed by atoms with Crippen molar-refractivity contribution >= 4 is 11.4 Å². The van der Waals surface area contributed by atoms with Gasteiger partial charge in [-0.2, -0.15) is 27.8 Å². The minimum Gasteiger partial charge on any atom is -0.493 e. The lowest BCUT2D eigenvalue weighted by Crippen LogP contribution is -2.18. The second-order valence-electron chi connectivity index (χ2n) is 4.37. The molecule has 2 N–H and O–H groups in total. The molecular formula is C13H11F3N5O2+. The van der Waals surface area contributed by atoms with E-state index < -0.39 is 34.3 Å². The Hall–Kier alpha value is -3.09. The van der Waals surface area contributed by atoms with Crippen LogP contribution in [0, 0.1) is 6.07 Å². The Balaban J connectivity index is 2.84. The summed E-state index contributed by atoms with van der Waals surface area (Å²) in [6.45, 7) is 0.799. The largest absolute Gasteiger partial charge is 0.493 e. The first kappa shape index (κ1) is 16.3. The molecule has 0 aliphatic heterocycles. The van der Waals surface area contributed by atoms with Gasteiger partial charge in [-0.05, 0) is 13.0 Å². The Morgan fingerprint density at radius 3 is 2.83 bits per heavy atom. The monoisotopic (exact) mass is 326 g/mol. The van der Waals surface area contributed by atoms with Gasteiger partial charge in [-0.25, -0.2) is 0 Å². The molecule has 0 fully saturated rings. The van der Waals surface area contributed by atoms with Crippen LogP contribution in [-0.4, -0.2) is 37.9 Å². The molecule has 2 aromatic heterocycles. The highest BCUT2D eigenvalue weighted by Gasteiger charge is 2.34. The molecule has 0 saturated heterocycles. The Morgan fingerprint density at radius 2 is 2.22 bits per heavy atom. The van der Waals surface area contributed by atoms with Gasteiger partial charge in [-0.3, -0.25) is 9.78 Å². The number of nitrogens with one attached hydrogen (secondary N) is 1. The van der Waals surface area contributed by atoms with Crippen LogP contribution in [0.15, 0.2) is 28.8 Å². The van der Waals surface area contributed by atoms with Crippen LogP contribution < -0.4 is 5.56 Å². The average Bonchev–Trinajstić information content (AvgIpc) is 2.92. The number of hydrogen-bond acceptors (Lipinski definition) is 4. The molecule has 0 bridgehead atoms. The standard InChI is InChI=1S/C13H10F3N5O2/c1-7(13(14,15)16)8(4-3-5-17-2)9-10(22)20-12-18-6-19-21(12)11(9)23/h3-4,6H,1-2H3,(H-,18,19,20,22,23)/p+1/b4-3-,8-7-. The summed E-state index contributed by atoms with van der Waals surface area (Å²) in [7, 11) is 1.39. The predicted octanol–water partition coefficient (Wildman–Crippen LogP) is 1.98. The van der Waals surface area contributed by atoms with Gasteiger partial charge < -0.3 is 5.11 Å². The normalized spacial score (nSPS) is 13.1. The minimum absolute atomic E-state index is 0.0917. The maximum atomic E-state index is 13.0. The second-order valence-corrected chi connectivity index (χ2v) is 4.37. The highest BCUT2D eigenvalue weighted by molar-refractivity contribution is 5.80. The summed E-state index contributed by atoms with van der Waals surface area (Å²) in [6, 6.07) is 2.34. The summed E-state index contributed by atoms with van der Waals surface area (Å²) in [4.78, 5) is 21.5. The van der Waals surface area contributed by atoms with Crippen molar-refractivity contribution in [3.05, 3.63) is 44.8 Å². The molecule has 7 nitrogen and oxygen atoms in total. The lowest BCUT2D eigenvalue weighted by atomic mass is 10.0. The van der Waals surface area contributed by atoms with E-state index in [9.17, 15) is 23.1 Å². The smallest absolute Gasteiger partial charge is 0.413 e. The predicted molar refractivity (Wildman–Crippen MR) is 76.2 cm³/mol. The van der Waals surface area contributed by atoms with Crippen LogP contribution in [0.25, 0.3) is 16.2 Å². The number of aromatic nitrogens is 4. The summed E-state index contributed by atoms with van der Waals surface area (Å²) in [6.07, 6.45) is -1.56. The topological polar surface area (TPSA) is 87.6 Å². The van der Waals surface area contributed by atoms with E-state index in [4.69, 9.17) is 0 Å². The Morgan fingerprint density at radius 1 is 1.52 bits per heavy atom. The Labute approximate surface area is 127 Å². The third-order valence-electron chi connectivity index (χ3n) is 2.98. The van der Waals surface area contributed by atoms with Crippen molar-refractivity contribution in [1.29, 1.82) is 0 Å². The summed E-state index contributed by atoms with van der Waals surface area (Å²) in [5, 5.41) is 13.8. The summed E-state index contributed by atoms with van der Waals surface area (Å²) in [5.41, 5.74) is -3.09. The molecule has 0 aliphatic rings. The van der Waals surface area contributed by atoms with Crippen molar-refractivity contribution in [2.45, 2.75) is 13.1 Å². The van der Waals surface area contributed by atoms with E-state index in [-0.39, 0.29) is 5.78 Å². The molecule has 23 heavy (non-hydrogen) atoms. The number of nitrogens with zero attached hydrogens (tertiary/aromatic N) is 4. The number of aromatic hydroxyl groups is 1. The van der Waals surface area contributed by atoms with Crippen LogP contribution in [0.4, 0.5) is 13.2 Å². The molecular weight excluding hydrogens is 315 g/mol. The molecule has 0 spiro atoms. The van der Waals surface area contributed by atoms with Gasteiger partial charge >= 0.3 is 12.2 Å². The molecule has 10 heteroatoms. The van der Waals surface area contributed by atoms with E-state index in [1.807, 2.05) is 0 Å². The molecule has 0 amide bonds. The first-order chi connectivity index (χ1) is 10.8. The van der Waals surface area contributed by atoms with E-state index in [2.05, 4.69) is 26.0 Å². The fourth-order valence-electron chi connectivity index (χ4n) is 1.84. The van der Waals surface area contributed by atoms with Crippen molar-refractivity contribution in [3.8, 4) is 11.9 Å². The lowest BCUT2D eigenvalue weighted by molar-refractivity contribution is -0.0906. The van der Waals surface area contributed by atoms with Crippen LogP contribution in [0.2, 0.25) is 0 Å². The number of hydrogen-bond donors (Lipinski definition) is 2. The molecule has 2 aromatic rings. The molecule has 120 valence electrons. The number of aromatic amines is 1. The van der Waals surface area contributed by atoms with Gasteiger partial charge in [0.15, 0.2) is 0 Å². The van der Waals surface area contributed by atoms with Crippen molar-refractivity contribution in [1.82, 2.24) is 19.6 Å². The molecule has 0 saturated carbocycles. The second kappa shape index (κ2) is 5.96. The summed E-state index contributed by atoms with van der Waals surface area (Å²) < 4.78 is 40.0. The van der Waals surface area contributed by atoms with Crippen molar-refractivity contribution < 1.29 is 18.3 Å². The number of rotatable bonds is 2. The van der Waals surface area contributed by atoms with E-state index in [0.29, 0.717) is 0 Å². The van der Waals surface area contributed by atoms with E-state index in [1.165, 1.54) is 7.05 Å². The lowest BCUT2D eigenvalue weighted by Gasteiger charge is -2.12. The fourth-order valence-corrected chi connectivity index (χ4v) is 1.84. The van der Waals surface area contributed by atoms with Gasteiger partial charge in [-0.1, -0.05) is 4.85 Å². The third-order valence-corrected chi connectivity index (χ3v) is 2.98. The number of H-pyrrole nitrogens is 1. The van der Waals surface area contributed by atoms with E-state index in [0.717, 1.165) is 29.9 Å². The van der Waals surface area contributed by atoms with E-state index >= 15 is 0 Å². The maximum absolute atomic E-state index is 13.0. The van der Waals surface area contributed by atoms with Crippen LogP contribution >= 0.6 is 0 Å². The highest BCUT2D eigenvalue weighted by Crippen LogP contribution is 2.34. The first-order valence-corrected chi connectivity index (χ1v) is 6.21. The van der Waals surface area contributed by atoms with Gasteiger partial charge in [-0.15, -0.1) is 0 Å². The maximum Gasteiger partial charge on any atom is 0.413 e. The fraction of sp³-hybridized carbons (Fsp3) is 0.231. The average molecular weight is 326 g/mol. The minimum atomic E-state index is -4.70. The Kier molecular flexibility index (Phi) is 4.22.